The van der Waals surface area contributed by atoms with Crippen molar-refractivity contribution in [2.24, 2.45) is 0 Å². The molecule has 0 saturated heterocycles. The third-order valence-corrected chi connectivity index (χ3v) is 3.66. The molecule has 1 aromatic carbocycles. The highest BCUT2D eigenvalue weighted by Gasteiger charge is 2.29. The number of hydrogen-bond donors (Lipinski definition) is 0. The van der Waals surface area contributed by atoms with Crippen LogP contribution < -0.4 is 18.3 Å². The van der Waals surface area contributed by atoms with Gasteiger partial charge in [-0.2, -0.15) is 14.0 Å². The first-order chi connectivity index (χ1) is 9.44. The molecule has 104 valence electrons. The van der Waals surface area contributed by atoms with Gasteiger partial charge < -0.3 is 4.90 Å². The van der Waals surface area contributed by atoms with Gasteiger partial charge in [0.15, 0.2) is 0 Å². The Morgan fingerprint density at radius 3 is 2.75 bits per heavy atom. The number of fused-ring (bicyclic) bond motifs is 2. The van der Waals surface area contributed by atoms with Crippen LogP contribution in [0.5, 0.6) is 5.75 Å². The minimum atomic E-state index is -4.59. The highest BCUT2D eigenvalue weighted by atomic mass is 35.7. The lowest BCUT2D eigenvalue weighted by Gasteiger charge is -2.29. The Morgan fingerprint density at radius 2 is 2.00 bits per heavy atom. The molecular weight excluding hydrogens is 305 g/mol. The summed E-state index contributed by atoms with van der Waals surface area (Å²) in [6, 6.07) is 3.29. The fraction of sp³-hybridized carbons (Fsp3) is 0.0769. The summed E-state index contributed by atoms with van der Waals surface area (Å²) in [6.07, 6.45) is 9.28. The summed E-state index contributed by atoms with van der Waals surface area (Å²) < 4.78 is 36.9. The summed E-state index contributed by atoms with van der Waals surface area (Å²) in [7, 11) is -4.59. The van der Waals surface area contributed by atoms with Gasteiger partial charge in [0, 0.05) is 24.0 Å². The maximum Gasteiger partial charge on any atom is 0.314 e. The van der Waals surface area contributed by atoms with Gasteiger partial charge in [-0.25, -0.2) is 0 Å². The quantitative estimate of drug-likeness (QED) is 0.759. The molecule has 2 aliphatic heterocycles. The third kappa shape index (κ3) is 2.54. The summed E-state index contributed by atoms with van der Waals surface area (Å²) in [6.45, 7) is 0.547. The molecule has 0 fully saturated rings. The van der Waals surface area contributed by atoms with Crippen LogP contribution in [-0.2, 0) is 6.54 Å². The largest absolute Gasteiger partial charge is 0.344 e. The SMILES string of the molecule is [O-][Cl+3]([O-])([O-])Oc1c(Cl)ccc2c1C=C1C=CC=CN1C2. The second-order valence-electron chi connectivity index (χ2n) is 4.30. The van der Waals surface area contributed by atoms with Crippen LogP contribution >= 0.6 is 11.6 Å². The molecule has 5 nitrogen and oxygen atoms in total. The molecule has 2 heterocycles. The van der Waals surface area contributed by atoms with Gasteiger partial charge in [0.1, 0.15) is 15.3 Å². The predicted octanol–water partition coefficient (Wildman–Crippen LogP) is -0.144. The van der Waals surface area contributed by atoms with Gasteiger partial charge >= 0.3 is 5.75 Å². The molecule has 0 aromatic heterocycles. The van der Waals surface area contributed by atoms with Gasteiger partial charge in [-0.15, -0.1) is 0 Å². The third-order valence-electron chi connectivity index (χ3n) is 3.02. The fourth-order valence-corrected chi connectivity index (χ4v) is 2.78. The van der Waals surface area contributed by atoms with E-state index in [0.717, 1.165) is 11.3 Å². The van der Waals surface area contributed by atoms with E-state index in [1.807, 2.05) is 29.3 Å². The second kappa shape index (κ2) is 4.80. The molecule has 0 atom stereocenters. The van der Waals surface area contributed by atoms with Crippen LogP contribution in [0.2, 0.25) is 5.02 Å². The van der Waals surface area contributed by atoms with Crippen LogP contribution in [0.4, 0.5) is 0 Å². The molecule has 0 bridgehead atoms. The van der Waals surface area contributed by atoms with E-state index in [1.165, 1.54) is 6.07 Å². The zero-order valence-electron chi connectivity index (χ0n) is 10.1. The Balaban J connectivity index is 2.10. The summed E-state index contributed by atoms with van der Waals surface area (Å²) in [4.78, 5) is 1.99. The zero-order valence-corrected chi connectivity index (χ0v) is 11.6. The fourth-order valence-electron chi connectivity index (χ4n) is 2.18. The molecule has 3 rings (SSSR count). The van der Waals surface area contributed by atoms with E-state index in [1.54, 1.807) is 12.1 Å². The number of nitrogens with zero attached hydrogens (tertiary/aromatic N) is 1. The van der Waals surface area contributed by atoms with Gasteiger partial charge in [0.05, 0.1) is 0 Å². The minimum absolute atomic E-state index is 0.0799. The molecule has 7 heteroatoms. The van der Waals surface area contributed by atoms with Crippen molar-refractivity contribution >= 4 is 17.7 Å². The molecule has 0 amide bonds. The molecule has 2 aliphatic rings. The molecule has 0 spiro atoms. The average molecular weight is 314 g/mol. The van der Waals surface area contributed by atoms with E-state index >= 15 is 0 Å². The number of rotatable bonds is 2. The van der Waals surface area contributed by atoms with Gasteiger partial charge in [0.25, 0.3) is 0 Å². The van der Waals surface area contributed by atoms with Crippen molar-refractivity contribution in [2.45, 2.75) is 6.54 Å². The van der Waals surface area contributed by atoms with Crippen molar-refractivity contribution in [3.63, 3.8) is 0 Å². The Labute approximate surface area is 122 Å². The first kappa shape index (κ1) is 13.5. The normalized spacial score (nSPS) is 16.6. The molecule has 0 aliphatic carbocycles. The van der Waals surface area contributed by atoms with E-state index < -0.39 is 10.2 Å². The lowest BCUT2D eigenvalue weighted by molar-refractivity contribution is -1.91. The van der Waals surface area contributed by atoms with E-state index in [9.17, 15) is 14.0 Å². The summed E-state index contributed by atoms with van der Waals surface area (Å²) >= 11 is 5.93. The Kier molecular flexibility index (Phi) is 3.24. The Hall–Kier alpha value is -1.50. The second-order valence-corrected chi connectivity index (χ2v) is 5.62. The van der Waals surface area contributed by atoms with Crippen molar-refractivity contribution < 1.29 is 28.5 Å². The number of benzene rings is 1. The lowest BCUT2D eigenvalue weighted by atomic mass is 9.99. The smallest absolute Gasteiger partial charge is 0.314 e. The first-order valence-electron chi connectivity index (χ1n) is 5.69. The van der Waals surface area contributed by atoms with Crippen LogP contribution in [0.3, 0.4) is 0 Å². The van der Waals surface area contributed by atoms with Gasteiger partial charge in [-0.1, -0.05) is 28.0 Å². The zero-order chi connectivity index (χ0) is 14.3. The van der Waals surface area contributed by atoms with Crippen LogP contribution in [-0.4, -0.2) is 4.90 Å². The number of allylic oxidation sites excluding steroid dienone is 3. The molecule has 20 heavy (non-hydrogen) atoms. The molecular formula is C13H9Cl2NO4. The molecule has 0 unspecified atom stereocenters. The number of halogens is 2. The Morgan fingerprint density at radius 1 is 1.20 bits per heavy atom. The predicted molar refractivity (Wildman–Crippen MR) is 63.9 cm³/mol. The highest BCUT2D eigenvalue weighted by Crippen LogP contribution is 2.38. The van der Waals surface area contributed by atoms with Gasteiger partial charge in [0.2, 0.25) is 0 Å². The maximum absolute atomic E-state index is 10.8. The van der Waals surface area contributed by atoms with Crippen LogP contribution in [0.15, 0.2) is 42.3 Å². The molecule has 0 N–H and O–H groups in total. The maximum atomic E-state index is 10.8. The van der Waals surface area contributed by atoms with Crippen molar-refractivity contribution in [1.29, 1.82) is 0 Å². The Bertz CT molecular complexity index is 647. The van der Waals surface area contributed by atoms with Crippen LogP contribution in [0.25, 0.3) is 6.08 Å². The summed E-state index contributed by atoms with van der Waals surface area (Å²) in [5.41, 5.74) is 2.20. The van der Waals surface area contributed by atoms with E-state index in [0.29, 0.717) is 12.1 Å². The monoisotopic (exact) mass is 313 g/mol. The van der Waals surface area contributed by atoms with E-state index in [2.05, 4.69) is 4.29 Å². The van der Waals surface area contributed by atoms with Gasteiger partial charge in [-0.05, 0) is 29.9 Å². The topological polar surface area (TPSA) is 81.6 Å². The first-order valence-corrected chi connectivity index (χ1v) is 7.30. The molecule has 0 saturated carbocycles. The van der Waals surface area contributed by atoms with Crippen molar-refractivity contribution in [3.8, 4) is 5.75 Å². The molecule has 0 radical (unpaired) electrons. The van der Waals surface area contributed by atoms with E-state index in [-0.39, 0.29) is 10.8 Å². The summed E-state index contributed by atoms with van der Waals surface area (Å²) in [5.74, 6) is -0.129. The van der Waals surface area contributed by atoms with Crippen molar-refractivity contribution in [1.82, 2.24) is 4.90 Å². The number of hydrogen-bond acceptors (Lipinski definition) is 5. The lowest BCUT2D eigenvalue weighted by Crippen LogP contribution is -2.63. The standard InChI is InChI=1S/C13H9Cl2NO4/c14-12-5-4-9-8-16-6-2-1-3-10(16)7-11(9)13(12)20-15(17,18)19/h1-7H,8H2. The average Bonchev–Trinajstić information content (AvgIpc) is 2.39. The van der Waals surface area contributed by atoms with Crippen LogP contribution in [0, 0.1) is 10.2 Å². The van der Waals surface area contributed by atoms with Gasteiger partial charge in [-0.3, -0.25) is 0 Å². The van der Waals surface area contributed by atoms with Crippen LogP contribution in [0.1, 0.15) is 11.1 Å². The molecule has 1 aromatic rings. The van der Waals surface area contributed by atoms with E-state index in [4.69, 9.17) is 11.6 Å². The highest BCUT2D eigenvalue weighted by molar-refractivity contribution is 6.32. The van der Waals surface area contributed by atoms with Crippen molar-refractivity contribution in [2.75, 3.05) is 0 Å². The minimum Gasteiger partial charge on any atom is -0.344 e. The summed E-state index contributed by atoms with van der Waals surface area (Å²) in [5, 5.41) is 0.0799. The van der Waals surface area contributed by atoms with Crippen molar-refractivity contribution in [3.05, 3.63) is 58.4 Å².